The lowest BCUT2D eigenvalue weighted by atomic mass is 10.1. The molecule has 26 heavy (non-hydrogen) atoms. The third-order valence-corrected chi connectivity index (χ3v) is 3.92. The molecule has 2 N–H and O–H groups in total. The largest absolute Gasteiger partial charge is 0.374 e. The number of ether oxygens (including phenoxy) is 1. The van der Waals surface area contributed by atoms with Gasteiger partial charge in [-0.1, -0.05) is 30.3 Å². The van der Waals surface area contributed by atoms with Crippen molar-refractivity contribution in [2.45, 2.75) is 39.5 Å². The molecule has 1 aromatic carbocycles. The zero-order valence-corrected chi connectivity index (χ0v) is 18.0. The molecule has 8 heteroatoms. The quantitative estimate of drug-likeness (QED) is 0.254. The van der Waals surface area contributed by atoms with Crippen LogP contribution in [0.25, 0.3) is 0 Å². The second-order valence-electron chi connectivity index (χ2n) is 5.66. The van der Waals surface area contributed by atoms with E-state index in [0.717, 1.165) is 31.3 Å². The highest BCUT2D eigenvalue weighted by molar-refractivity contribution is 14.0. The molecule has 0 fully saturated rings. The Hall–Kier alpha value is -1.68. The Kier molecular flexibility index (Phi) is 10.9. The number of aryl methyl sites for hydroxylation is 1. The Morgan fingerprint density at radius 2 is 2.04 bits per heavy atom. The van der Waals surface area contributed by atoms with E-state index in [9.17, 15) is 0 Å². The SMILES string of the molecule is CCn1cnnc1CNC(=NC)NCCCOC(C)c1ccccc1.I. The van der Waals surface area contributed by atoms with Crippen molar-refractivity contribution in [3.63, 3.8) is 0 Å². The Labute approximate surface area is 172 Å². The molecule has 0 aliphatic carbocycles. The first-order chi connectivity index (χ1) is 12.2. The molecular formula is C18H29IN6O. The van der Waals surface area contributed by atoms with Crippen molar-refractivity contribution >= 4 is 29.9 Å². The molecule has 0 aliphatic heterocycles. The van der Waals surface area contributed by atoms with Gasteiger partial charge in [0.15, 0.2) is 11.8 Å². The van der Waals surface area contributed by atoms with Crippen molar-refractivity contribution in [3.05, 3.63) is 48.0 Å². The van der Waals surface area contributed by atoms with Crippen LogP contribution in [0.5, 0.6) is 0 Å². The highest BCUT2D eigenvalue weighted by Crippen LogP contribution is 2.15. The van der Waals surface area contributed by atoms with E-state index < -0.39 is 0 Å². The molecule has 1 heterocycles. The molecule has 1 unspecified atom stereocenters. The molecule has 0 radical (unpaired) electrons. The van der Waals surface area contributed by atoms with Crippen LogP contribution in [0.4, 0.5) is 0 Å². The summed E-state index contributed by atoms with van der Waals surface area (Å²) in [4.78, 5) is 4.22. The van der Waals surface area contributed by atoms with Gasteiger partial charge in [0.2, 0.25) is 0 Å². The van der Waals surface area contributed by atoms with E-state index in [2.05, 4.69) is 51.8 Å². The molecule has 7 nitrogen and oxygen atoms in total. The van der Waals surface area contributed by atoms with Crippen LogP contribution in [0.2, 0.25) is 0 Å². The number of nitrogens with zero attached hydrogens (tertiary/aromatic N) is 4. The van der Waals surface area contributed by atoms with Crippen molar-refractivity contribution < 1.29 is 4.74 Å². The Bertz CT molecular complexity index is 646. The minimum absolute atomic E-state index is 0. The third-order valence-electron chi connectivity index (χ3n) is 3.92. The van der Waals surface area contributed by atoms with Crippen LogP contribution < -0.4 is 10.6 Å². The van der Waals surface area contributed by atoms with Crippen molar-refractivity contribution in [2.75, 3.05) is 20.2 Å². The Morgan fingerprint density at radius 1 is 1.27 bits per heavy atom. The molecular weight excluding hydrogens is 443 g/mol. The van der Waals surface area contributed by atoms with Gasteiger partial charge in [0.1, 0.15) is 6.33 Å². The summed E-state index contributed by atoms with van der Waals surface area (Å²) in [5.74, 6) is 1.65. The van der Waals surface area contributed by atoms with Gasteiger partial charge >= 0.3 is 0 Å². The normalized spacial score (nSPS) is 12.3. The van der Waals surface area contributed by atoms with E-state index in [4.69, 9.17) is 4.74 Å². The topological polar surface area (TPSA) is 76.4 Å². The first-order valence-electron chi connectivity index (χ1n) is 8.72. The van der Waals surface area contributed by atoms with Gasteiger partial charge in [-0.05, 0) is 25.8 Å². The number of hydrogen-bond donors (Lipinski definition) is 2. The summed E-state index contributed by atoms with van der Waals surface area (Å²) in [7, 11) is 1.76. The van der Waals surface area contributed by atoms with Crippen molar-refractivity contribution in [1.29, 1.82) is 0 Å². The summed E-state index contributed by atoms with van der Waals surface area (Å²) >= 11 is 0. The van der Waals surface area contributed by atoms with Crippen LogP contribution in [0.15, 0.2) is 41.7 Å². The minimum Gasteiger partial charge on any atom is -0.374 e. The first-order valence-corrected chi connectivity index (χ1v) is 8.72. The monoisotopic (exact) mass is 472 g/mol. The van der Waals surface area contributed by atoms with Gasteiger partial charge < -0.3 is 19.9 Å². The highest BCUT2D eigenvalue weighted by Gasteiger charge is 2.06. The number of guanidine groups is 1. The highest BCUT2D eigenvalue weighted by atomic mass is 127. The second-order valence-corrected chi connectivity index (χ2v) is 5.66. The predicted molar refractivity (Wildman–Crippen MR) is 115 cm³/mol. The first kappa shape index (κ1) is 22.4. The van der Waals surface area contributed by atoms with Crippen LogP contribution >= 0.6 is 24.0 Å². The Morgan fingerprint density at radius 3 is 2.73 bits per heavy atom. The van der Waals surface area contributed by atoms with E-state index in [1.54, 1.807) is 13.4 Å². The number of aromatic nitrogens is 3. The molecule has 0 saturated carbocycles. The van der Waals surface area contributed by atoms with Crippen molar-refractivity contribution in [3.8, 4) is 0 Å². The molecule has 0 spiro atoms. The fraction of sp³-hybridized carbons (Fsp3) is 0.500. The summed E-state index contributed by atoms with van der Waals surface area (Å²) < 4.78 is 7.87. The van der Waals surface area contributed by atoms with E-state index >= 15 is 0 Å². The summed E-state index contributed by atoms with van der Waals surface area (Å²) in [5, 5.41) is 14.6. The molecule has 2 rings (SSSR count). The summed E-state index contributed by atoms with van der Waals surface area (Å²) in [6.45, 7) is 7.08. The average molecular weight is 472 g/mol. The number of nitrogens with one attached hydrogen (secondary N) is 2. The fourth-order valence-corrected chi connectivity index (χ4v) is 2.42. The van der Waals surface area contributed by atoms with Gasteiger partial charge in [-0.15, -0.1) is 34.2 Å². The lowest BCUT2D eigenvalue weighted by Crippen LogP contribution is -2.38. The fourth-order valence-electron chi connectivity index (χ4n) is 2.42. The summed E-state index contributed by atoms with van der Waals surface area (Å²) in [6, 6.07) is 10.3. The summed E-state index contributed by atoms with van der Waals surface area (Å²) in [6.07, 6.45) is 2.75. The van der Waals surface area contributed by atoms with E-state index in [0.29, 0.717) is 13.2 Å². The molecule has 2 aromatic rings. The van der Waals surface area contributed by atoms with E-state index in [1.165, 1.54) is 5.56 Å². The zero-order chi connectivity index (χ0) is 17.9. The maximum absolute atomic E-state index is 5.87. The number of benzene rings is 1. The molecule has 0 bridgehead atoms. The minimum atomic E-state index is 0. The van der Waals surface area contributed by atoms with E-state index in [1.807, 2.05) is 22.8 Å². The Balaban J connectivity index is 0.00000338. The zero-order valence-electron chi connectivity index (χ0n) is 15.7. The van der Waals surface area contributed by atoms with Gasteiger partial charge in [-0.2, -0.15) is 0 Å². The van der Waals surface area contributed by atoms with Crippen LogP contribution in [0, 0.1) is 0 Å². The number of rotatable bonds is 9. The van der Waals surface area contributed by atoms with Gasteiger partial charge in [0, 0.05) is 26.7 Å². The maximum Gasteiger partial charge on any atom is 0.191 e. The molecule has 0 amide bonds. The molecule has 144 valence electrons. The van der Waals surface area contributed by atoms with Gasteiger partial charge in [0.25, 0.3) is 0 Å². The lowest BCUT2D eigenvalue weighted by Gasteiger charge is -2.14. The molecule has 1 atom stereocenters. The number of aliphatic imine (C=N–C) groups is 1. The van der Waals surface area contributed by atoms with Crippen LogP contribution in [0.3, 0.4) is 0 Å². The molecule has 1 aromatic heterocycles. The second kappa shape index (κ2) is 12.6. The van der Waals surface area contributed by atoms with Crippen LogP contribution in [-0.4, -0.2) is 40.9 Å². The van der Waals surface area contributed by atoms with Crippen molar-refractivity contribution in [1.82, 2.24) is 25.4 Å². The van der Waals surface area contributed by atoms with Crippen LogP contribution in [-0.2, 0) is 17.8 Å². The smallest absolute Gasteiger partial charge is 0.191 e. The van der Waals surface area contributed by atoms with Gasteiger partial charge in [0.05, 0.1) is 12.6 Å². The number of hydrogen-bond acceptors (Lipinski definition) is 4. The predicted octanol–water partition coefficient (Wildman–Crippen LogP) is 2.75. The number of halogens is 1. The molecule has 0 aliphatic rings. The van der Waals surface area contributed by atoms with E-state index in [-0.39, 0.29) is 30.1 Å². The maximum atomic E-state index is 5.87. The van der Waals surface area contributed by atoms with Crippen molar-refractivity contribution in [2.24, 2.45) is 4.99 Å². The van der Waals surface area contributed by atoms with Gasteiger partial charge in [-0.25, -0.2) is 0 Å². The standard InChI is InChI=1S/C18H28N6O.HI/c1-4-24-14-22-23-17(24)13-21-18(19-3)20-11-8-12-25-15(2)16-9-6-5-7-10-16;/h5-7,9-10,14-15H,4,8,11-13H2,1-3H3,(H2,19,20,21);1H. The van der Waals surface area contributed by atoms with Crippen LogP contribution in [0.1, 0.15) is 37.8 Å². The molecule has 0 saturated heterocycles. The lowest BCUT2D eigenvalue weighted by molar-refractivity contribution is 0.0646. The summed E-state index contributed by atoms with van der Waals surface area (Å²) in [5.41, 5.74) is 1.20. The average Bonchev–Trinajstić information content (AvgIpc) is 3.12. The van der Waals surface area contributed by atoms with Gasteiger partial charge in [-0.3, -0.25) is 4.99 Å². The third kappa shape index (κ3) is 7.28.